The fourth-order valence-corrected chi connectivity index (χ4v) is 3.24. The third-order valence-corrected chi connectivity index (χ3v) is 4.99. The van der Waals surface area contributed by atoms with Gasteiger partial charge in [-0.2, -0.15) is 8.42 Å². The molecule has 1 aromatic rings. The van der Waals surface area contributed by atoms with Crippen molar-refractivity contribution in [3.63, 3.8) is 0 Å². The molecule has 1 heterocycles. The minimum absolute atomic E-state index is 0.00767. The van der Waals surface area contributed by atoms with E-state index >= 15 is 0 Å². The van der Waals surface area contributed by atoms with Gasteiger partial charge >= 0.3 is 0 Å². The second-order valence-corrected chi connectivity index (χ2v) is 7.01. The van der Waals surface area contributed by atoms with Crippen LogP contribution in [0.15, 0.2) is 34.3 Å². The summed E-state index contributed by atoms with van der Waals surface area (Å²) in [6.45, 7) is 1.42. The van der Waals surface area contributed by atoms with Gasteiger partial charge in [0.05, 0.1) is 23.6 Å². The molecule has 0 aromatic heterocycles. The predicted molar refractivity (Wildman–Crippen MR) is 83.5 cm³/mol. The molecule has 1 saturated heterocycles. The van der Waals surface area contributed by atoms with Gasteiger partial charge in [-0.1, -0.05) is 22.8 Å². The van der Waals surface area contributed by atoms with E-state index in [4.69, 9.17) is 19.2 Å². The third-order valence-electron chi connectivity index (χ3n) is 3.70. The predicted octanol–water partition coefficient (Wildman–Crippen LogP) is 1.50. The van der Waals surface area contributed by atoms with Gasteiger partial charge in [0, 0.05) is 18.4 Å². The highest BCUT2D eigenvalue weighted by Gasteiger charge is 2.38. The van der Waals surface area contributed by atoms with Gasteiger partial charge in [0.15, 0.2) is 6.29 Å². The molecule has 0 aliphatic carbocycles. The molecule has 132 valence electrons. The molecule has 9 nitrogen and oxygen atoms in total. The van der Waals surface area contributed by atoms with Crippen LogP contribution in [0.25, 0.3) is 10.4 Å². The van der Waals surface area contributed by atoms with Crippen LogP contribution >= 0.6 is 0 Å². The van der Waals surface area contributed by atoms with Crippen LogP contribution in [0.3, 0.4) is 0 Å². The van der Waals surface area contributed by atoms with Crippen LogP contribution in [-0.4, -0.2) is 51.8 Å². The first-order valence-electron chi connectivity index (χ1n) is 7.24. The molecule has 1 fully saturated rings. The number of aryl methyl sites for hydroxylation is 1. The Morgan fingerprint density at radius 3 is 2.67 bits per heavy atom. The summed E-state index contributed by atoms with van der Waals surface area (Å²) in [5.74, 6) is 0. The highest BCUT2D eigenvalue weighted by molar-refractivity contribution is 7.86. The van der Waals surface area contributed by atoms with E-state index in [0.717, 1.165) is 5.56 Å². The van der Waals surface area contributed by atoms with Crippen molar-refractivity contribution in [2.24, 2.45) is 5.11 Å². The zero-order valence-corrected chi connectivity index (χ0v) is 14.1. The Bertz CT molecular complexity index is 702. The summed E-state index contributed by atoms with van der Waals surface area (Å²) >= 11 is 0. The molecular formula is C14H19N3O6S. The lowest BCUT2D eigenvalue weighted by Gasteiger charge is -2.36. The van der Waals surface area contributed by atoms with Crippen molar-refractivity contribution in [1.29, 1.82) is 0 Å². The molecule has 2 rings (SSSR count). The van der Waals surface area contributed by atoms with Crippen LogP contribution in [0.2, 0.25) is 0 Å². The van der Waals surface area contributed by atoms with Gasteiger partial charge < -0.3 is 14.6 Å². The average Bonchev–Trinajstić information content (AvgIpc) is 2.56. The number of rotatable bonds is 6. The summed E-state index contributed by atoms with van der Waals surface area (Å²) in [6, 6.07) is 5.39. The lowest BCUT2D eigenvalue weighted by Crippen LogP contribution is -2.50. The fourth-order valence-electron chi connectivity index (χ4n) is 2.32. The van der Waals surface area contributed by atoms with E-state index in [0.29, 0.717) is 0 Å². The Kier molecular flexibility index (Phi) is 6.16. The minimum Gasteiger partial charge on any atom is -0.390 e. The first kappa shape index (κ1) is 18.7. The zero-order valence-electron chi connectivity index (χ0n) is 13.3. The van der Waals surface area contributed by atoms with Crippen LogP contribution in [0.5, 0.6) is 0 Å². The SMILES string of the molecule is CO[C@@H]1C[C@H](N=[N+]=[N-])[C@@H](O)[C@@H](COS(=O)(=O)c2ccc(C)cc2)O1. The molecule has 10 heteroatoms. The number of nitrogens with zero attached hydrogens (tertiary/aromatic N) is 3. The van der Waals surface area contributed by atoms with Gasteiger partial charge in [-0.15, -0.1) is 0 Å². The highest BCUT2D eigenvalue weighted by Crippen LogP contribution is 2.25. The van der Waals surface area contributed by atoms with E-state index < -0.39 is 41.3 Å². The molecule has 1 N–H and O–H groups in total. The molecule has 1 aromatic carbocycles. The molecule has 24 heavy (non-hydrogen) atoms. The van der Waals surface area contributed by atoms with Crippen LogP contribution in [0.4, 0.5) is 0 Å². The standard InChI is InChI=1S/C14H19N3O6S/c1-9-3-5-10(6-4-9)24(19,20)22-8-12-14(18)11(16-17-15)7-13(21-2)23-12/h3-6,11-14,18H,7-8H2,1-2H3/t11-,12+,13-,14+/m0/s1. The number of ether oxygens (including phenoxy) is 2. The maximum absolute atomic E-state index is 12.2. The average molecular weight is 357 g/mol. The Morgan fingerprint density at radius 2 is 2.08 bits per heavy atom. The number of aliphatic hydroxyl groups is 1. The van der Waals surface area contributed by atoms with Gasteiger partial charge in [0.2, 0.25) is 0 Å². The van der Waals surface area contributed by atoms with E-state index in [1.165, 1.54) is 19.2 Å². The fraction of sp³-hybridized carbons (Fsp3) is 0.571. The quantitative estimate of drug-likeness (QED) is 0.355. The van der Waals surface area contributed by atoms with Crippen LogP contribution in [0, 0.1) is 6.92 Å². The summed E-state index contributed by atoms with van der Waals surface area (Å²) in [6.07, 6.45) is -2.75. The highest BCUT2D eigenvalue weighted by atomic mass is 32.2. The largest absolute Gasteiger partial charge is 0.390 e. The lowest BCUT2D eigenvalue weighted by molar-refractivity contribution is -0.222. The summed E-state index contributed by atoms with van der Waals surface area (Å²) in [7, 11) is -2.59. The zero-order chi connectivity index (χ0) is 17.7. The Hall–Kier alpha value is -1.68. The second kappa shape index (κ2) is 7.93. The topological polar surface area (TPSA) is 131 Å². The molecular weight excluding hydrogens is 338 g/mol. The molecule has 0 unspecified atom stereocenters. The molecule has 1 aliphatic heterocycles. The Balaban J connectivity index is 2.08. The van der Waals surface area contributed by atoms with E-state index in [9.17, 15) is 13.5 Å². The van der Waals surface area contributed by atoms with E-state index in [1.54, 1.807) is 12.1 Å². The van der Waals surface area contributed by atoms with E-state index in [1.807, 2.05) is 6.92 Å². The van der Waals surface area contributed by atoms with Crippen LogP contribution in [0.1, 0.15) is 12.0 Å². The van der Waals surface area contributed by atoms with Crippen molar-refractivity contribution in [2.45, 2.75) is 42.8 Å². The number of aliphatic hydroxyl groups excluding tert-OH is 1. The van der Waals surface area contributed by atoms with Gasteiger partial charge in [0.25, 0.3) is 10.1 Å². The number of hydrogen-bond donors (Lipinski definition) is 1. The maximum atomic E-state index is 12.2. The maximum Gasteiger partial charge on any atom is 0.297 e. The molecule has 0 saturated carbocycles. The second-order valence-electron chi connectivity index (χ2n) is 5.39. The smallest absolute Gasteiger partial charge is 0.297 e. The first-order chi connectivity index (χ1) is 11.4. The summed E-state index contributed by atoms with van der Waals surface area (Å²) in [5.41, 5.74) is 9.47. The van der Waals surface area contributed by atoms with Crippen molar-refractivity contribution in [1.82, 2.24) is 0 Å². The van der Waals surface area contributed by atoms with Gasteiger partial charge in [0.1, 0.15) is 6.10 Å². The van der Waals surface area contributed by atoms with Crippen molar-refractivity contribution in [2.75, 3.05) is 13.7 Å². The third kappa shape index (κ3) is 4.44. The lowest BCUT2D eigenvalue weighted by atomic mass is 10.00. The molecule has 1 aliphatic rings. The Morgan fingerprint density at radius 1 is 1.42 bits per heavy atom. The van der Waals surface area contributed by atoms with E-state index in [2.05, 4.69) is 10.0 Å². The number of hydrogen-bond acceptors (Lipinski definition) is 7. The molecule has 0 bridgehead atoms. The number of methoxy groups -OCH3 is 1. The summed E-state index contributed by atoms with van der Waals surface area (Å²) in [4.78, 5) is 2.68. The first-order valence-corrected chi connectivity index (χ1v) is 8.65. The van der Waals surface area contributed by atoms with Crippen molar-refractivity contribution in [3.8, 4) is 0 Å². The van der Waals surface area contributed by atoms with Crippen LogP contribution < -0.4 is 0 Å². The van der Waals surface area contributed by atoms with Gasteiger partial charge in [-0.25, -0.2) is 0 Å². The molecule has 0 amide bonds. The molecule has 0 spiro atoms. The van der Waals surface area contributed by atoms with Crippen molar-refractivity contribution in [3.05, 3.63) is 40.3 Å². The number of benzene rings is 1. The number of azide groups is 1. The minimum atomic E-state index is -3.99. The normalized spacial score (nSPS) is 27.5. The summed E-state index contributed by atoms with van der Waals surface area (Å²) in [5, 5.41) is 13.6. The molecule has 4 atom stereocenters. The van der Waals surface area contributed by atoms with E-state index in [-0.39, 0.29) is 11.3 Å². The molecule has 0 radical (unpaired) electrons. The van der Waals surface area contributed by atoms with Gasteiger partial charge in [-0.3, -0.25) is 4.18 Å². The van der Waals surface area contributed by atoms with Crippen molar-refractivity contribution >= 4 is 10.1 Å². The summed E-state index contributed by atoms with van der Waals surface area (Å²) < 4.78 is 39.8. The van der Waals surface area contributed by atoms with Crippen molar-refractivity contribution < 1.29 is 27.2 Å². The monoisotopic (exact) mass is 357 g/mol. The Labute approximate surface area is 139 Å². The van der Waals surface area contributed by atoms with Crippen LogP contribution in [-0.2, 0) is 23.8 Å². The van der Waals surface area contributed by atoms with Gasteiger partial charge in [-0.05, 0) is 24.6 Å².